The molecule has 1 amide bonds. The Bertz CT molecular complexity index is 956. The van der Waals surface area contributed by atoms with Gasteiger partial charge >= 0.3 is 6.09 Å². The number of rotatable bonds is 4. The number of benzene rings is 1. The predicted molar refractivity (Wildman–Crippen MR) is 119 cm³/mol. The van der Waals surface area contributed by atoms with E-state index in [9.17, 15) is 4.79 Å². The standard InChI is InChI=1S/C22H26ClN5O4/c23-17-1-3-19(4-2-17)28-15-22(32-21(28)29)14-26(7-10-31-16-22)13-18-5-6-24-20(25-18)27-8-11-30-12-9-27/h1-6H,7-16H2/t22-/m1/s1. The van der Waals surface area contributed by atoms with Gasteiger partial charge in [-0.15, -0.1) is 0 Å². The Balaban J connectivity index is 1.29. The third-order valence-corrected chi connectivity index (χ3v) is 6.17. The number of anilines is 2. The molecule has 3 fully saturated rings. The Hall–Kier alpha value is -2.46. The molecule has 1 aromatic carbocycles. The predicted octanol–water partition coefficient (Wildman–Crippen LogP) is 2.19. The van der Waals surface area contributed by atoms with Crippen LogP contribution in [0.4, 0.5) is 16.4 Å². The van der Waals surface area contributed by atoms with Crippen molar-refractivity contribution in [3.63, 3.8) is 0 Å². The Morgan fingerprint density at radius 3 is 2.59 bits per heavy atom. The number of halogens is 1. The number of carbonyl (C=O) groups is 1. The Kier molecular flexibility index (Phi) is 6.14. The molecule has 3 saturated heterocycles. The van der Waals surface area contributed by atoms with E-state index >= 15 is 0 Å². The van der Waals surface area contributed by atoms with E-state index in [0.717, 1.165) is 37.0 Å². The van der Waals surface area contributed by atoms with Crippen molar-refractivity contribution in [2.45, 2.75) is 12.1 Å². The number of ether oxygens (including phenoxy) is 3. The van der Waals surface area contributed by atoms with Crippen LogP contribution in [0.3, 0.4) is 0 Å². The summed E-state index contributed by atoms with van der Waals surface area (Å²) >= 11 is 5.99. The Morgan fingerprint density at radius 1 is 1.00 bits per heavy atom. The van der Waals surface area contributed by atoms with Crippen molar-refractivity contribution in [2.24, 2.45) is 0 Å². The molecular formula is C22H26ClN5O4. The molecule has 1 spiro atoms. The van der Waals surface area contributed by atoms with Gasteiger partial charge in [0.2, 0.25) is 5.95 Å². The molecule has 0 bridgehead atoms. The SMILES string of the molecule is O=C1O[C@@]2(COCCN(Cc3ccnc(N4CCOCC4)n3)C2)CN1c1ccc(Cl)cc1. The first-order chi connectivity index (χ1) is 15.6. The van der Waals surface area contributed by atoms with Crippen molar-refractivity contribution in [2.75, 3.05) is 69.0 Å². The van der Waals surface area contributed by atoms with Gasteiger partial charge in [-0.25, -0.2) is 14.8 Å². The summed E-state index contributed by atoms with van der Waals surface area (Å²) in [7, 11) is 0. The number of morpholine rings is 1. The quantitative estimate of drug-likeness (QED) is 0.688. The largest absolute Gasteiger partial charge is 0.437 e. The molecule has 0 aliphatic carbocycles. The normalized spacial score (nSPS) is 24.6. The highest BCUT2D eigenvalue weighted by Crippen LogP contribution is 2.31. The fourth-order valence-corrected chi connectivity index (χ4v) is 4.46. The number of hydrogen-bond acceptors (Lipinski definition) is 8. The van der Waals surface area contributed by atoms with Gasteiger partial charge in [0.25, 0.3) is 0 Å². The fourth-order valence-electron chi connectivity index (χ4n) is 4.34. The van der Waals surface area contributed by atoms with Gasteiger partial charge in [-0.3, -0.25) is 9.80 Å². The monoisotopic (exact) mass is 459 g/mol. The van der Waals surface area contributed by atoms with Crippen LogP contribution >= 0.6 is 11.6 Å². The highest BCUT2D eigenvalue weighted by atomic mass is 35.5. The maximum absolute atomic E-state index is 12.7. The third-order valence-electron chi connectivity index (χ3n) is 5.92. The molecule has 4 heterocycles. The summed E-state index contributed by atoms with van der Waals surface area (Å²) in [5.74, 6) is 0.729. The summed E-state index contributed by atoms with van der Waals surface area (Å²) in [5.41, 5.74) is 0.961. The highest BCUT2D eigenvalue weighted by molar-refractivity contribution is 6.30. The first-order valence-corrected chi connectivity index (χ1v) is 11.2. The lowest BCUT2D eigenvalue weighted by Gasteiger charge is -2.30. The van der Waals surface area contributed by atoms with Crippen molar-refractivity contribution >= 4 is 29.3 Å². The number of hydrogen-bond donors (Lipinski definition) is 0. The molecule has 0 N–H and O–H groups in total. The van der Waals surface area contributed by atoms with Crippen molar-refractivity contribution in [1.29, 1.82) is 0 Å². The zero-order valence-corrected chi connectivity index (χ0v) is 18.5. The van der Waals surface area contributed by atoms with Crippen LogP contribution in [0.15, 0.2) is 36.5 Å². The number of amides is 1. The lowest BCUT2D eigenvalue weighted by Crippen LogP contribution is -2.47. The maximum Gasteiger partial charge on any atom is 0.415 e. The molecule has 0 radical (unpaired) electrons. The average Bonchev–Trinajstić information content (AvgIpc) is 3.00. The Labute approximate surface area is 191 Å². The summed E-state index contributed by atoms with van der Waals surface area (Å²) in [6.07, 6.45) is 1.43. The van der Waals surface area contributed by atoms with E-state index in [-0.39, 0.29) is 6.09 Å². The topological polar surface area (TPSA) is 80.3 Å². The molecule has 3 aliphatic rings. The average molecular weight is 460 g/mol. The van der Waals surface area contributed by atoms with Crippen LogP contribution in [-0.2, 0) is 20.8 Å². The Morgan fingerprint density at radius 2 is 1.78 bits per heavy atom. The molecule has 3 aliphatic heterocycles. The van der Waals surface area contributed by atoms with Gasteiger partial charge in [-0.05, 0) is 30.3 Å². The highest BCUT2D eigenvalue weighted by Gasteiger charge is 2.48. The number of carbonyl (C=O) groups excluding carboxylic acids is 1. The summed E-state index contributed by atoms with van der Waals surface area (Å²) in [6.45, 7) is 6.25. The van der Waals surface area contributed by atoms with E-state index in [1.54, 1.807) is 23.2 Å². The van der Waals surface area contributed by atoms with Crippen LogP contribution in [-0.4, -0.2) is 85.7 Å². The van der Waals surface area contributed by atoms with Crippen LogP contribution < -0.4 is 9.80 Å². The van der Waals surface area contributed by atoms with Crippen LogP contribution in [0.5, 0.6) is 0 Å². The van der Waals surface area contributed by atoms with E-state index in [1.807, 2.05) is 18.2 Å². The zero-order chi connectivity index (χ0) is 22.0. The minimum atomic E-state index is -0.729. The van der Waals surface area contributed by atoms with Crippen molar-refractivity contribution in [3.05, 3.63) is 47.2 Å². The third kappa shape index (κ3) is 4.66. The van der Waals surface area contributed by atoms with Crippen molar-refractivity contribution in [3.8, 4) is 0 Å². The van der Waals surface area contributed by atoms with Gasteiger partial charge in [-0.1, -0.05) is 11.6 Å². The van der Waals surface area contributed by atoms with Gasteiger partial charge in [0.1, 0.15) is 0 Å². The summed E-state index contributed by atoms with van der Waals surface area (Å²) < 4.78 is 17.2. The molecule has 1 atom stereocenters. The van der Waals surface area contributed by atoms with E-state index < -0.39 is 5.60 Å². The number of nitrogens with zero attached hydrogens (tertiary/aromatic N) is 5. The van der Waals surface area contributed by atoms with Crippen LogP contribution in [0.1, 0.15) is 5.69 Å². The minimum absolute atomic E-state index is 0.363. The van der Waals surface area contributed by atoms with Crippen LogP contribution in [0.2, 0.25) is 5.02 Å². The molecular weight excluding hydrogens is 434 g/mol. The molecule has 0 unspecified atom stereocenters. The molecule has 1 aromatic heterocycles. The van der Waals surface area contributed by atoms with Crippen LogP contribution in [0, 0.1) is 0 Å². The van der Waals surface area contributed by atoms with Gasteiger partial charge in [-0.2, -0.15) is 0 Å². The first-order valence-electron chi connectivity index (χ1n) is 10.8. The molecule has 9 nitrogen and oxygen atoms in total. The van der Waals surface area contributed by atoms with Crippen molar-refractivity contribution in [1.82, 2.24) is 14.9 Å². The molecule has 10 heteroatoms. The lowest BCUT2D eigenvalue weighted by molar-refractivity contribution is -0.0155. The first kappa shape index (κ1) is 21.4. The van der Waals surface area contributed by atoms with Gasteiger partial charge in [0.15, 0.2) is 5.60 Å². The minimum Gasteiger partial charge on any atom is -0.437 e. The second-order valence-corrected chi connectivity index (χ2v) is 8.76. The summed E-state index contributed by atoms with van der Waals surface area (Å²) in [4.78, 5) is 27.9. The van der Waals surface area contributed by atoms with E-state index in [1.165, 1.54) is 0 Å². The van der Waals surface area contributed by atoms with Gasteiger partial charge < -0.3 is 19.1 Å². The van der Waals surface area contributed by atoms with E-state index in [4.69, 9.17) is 30.8 Å². The smallest absolute Gasteiger partial charge is 0.415 e. The molecule has 2 aromatic rings. The molecule has 170 valence electrons. The molecule has 0 saturated carbocycles. The molecule has 5 rings (SSSR count). The molecule has 32 heavy (non-hydrogen) atoms. The van der Waals surface area contributed by atoms with E-state index in [0.29, 0.717) is 51.1 Å². The second-order valence-electron chi connectivity index (χ2n) is 8.32. The zero-order valence-electron chi connectivity index (χ0n) is 17.8. The van der Waals surface area contributed by atoms with E-state index in [2.05, 4.69) is 14.8 Å². The maximum atomic E-state index is 12.7. The fraction of sp³-hybridized carbons (Fsp3) is 0.500. The van der Waals surface area contributed by atoms with Gasteiger partial charge in [0.05, 0.1) is 38.7 Å². The summed E-state index contributed by atoms with van der Waals surface area (Å²) in [6, 6.07) is 9.12. The van der Waals surface area contributed by atoms with Gasteiger partial charge in [0, 0.05) is 49.6 Å². The summed E-state index contributed by atoms with van der Waals surface area (Å²) in [5, 5.41) is 0.626. The lowest BCUT2D eigenvalue weighted by atomic mass is 10.0. The van der Waals surface area contributed by atoms with Crippen molar-refractivity contribution < 1.29 is 19.0 Å². The second kappa shape index (κ2) is 9.19. The van der Waals surface area contributed by atoms with Crippen LogP contribution in [0.25, 0.3) is 0 Å². The number of aromatic nitrogens is 2.